The summed E-state index contributed by atoms with van der Waals surface area (Å²) in [5.41, 5.74) is 2.13. The lowest BCUT2D eigenvalue weighted by molar-refractivity contribution is 0.102. The van der Waals surface area contributed by atoms with Crippen molar-refractivity contribution in [2.24, 2.45) is 0 Å². The maximum Gasteiger partial charge on any atom is 0.345 e. The number of aromatic nitrogens is 2. The molecule has 0 saturated heterocycles. The van der Waals surface area contributed by atoms with Gasteiger partial charge in [0.05, 0.1) is 16.8 Å². The second-order valence-electron chi connectivity index (χ2n) is 7.89. The average molecular weight is 519 g/mol. The molecule has 3 aromatic rings. The van der Waals surface area contributed by atoms with Crippen LogP contribution in [-0.4, -0.2) is 58.1 Å². The zero-order valence-corrected chi connectivity index (χ0v) is 21.8. The third kappa shape index (κ3) is 6.32. The van der Waals surface area contributed by atoms with Crippen LogP contribution in [0.1, 0.15) is 16.1 Å². The smallest absolute Gasteiger partial charge is 0.345 e. The maximum atomic E-state index is 13.1. The van der Waals surface area contributed by atoms with Gasteiger partial charge in [-0.1, -0.05) is 29.8 Å². The summed E-state index contributed by atoms with van der Waals surface area (Å²) in [6.07, 6.45) is 1.61. The zero-order valence-electron chi connectivity index (χ0n) is 20.0. The lowest BCUT2D eigenvalue weighted by atomic mass is 10.1. The molecule has 12 heteroatoms. The van der Waals surface area contributed by atoms with Crippen molar-refractivity contribution in [2.75, 3.05) is 44.0 Å². The molecule has 1 amide bonds. The molecule has 1 aromatic heterocycles. The Kier molecular flexibility index (Phi) is 8.07. The van der Waals surface area contributed by atoms with Crippen molar-refractivity contribution >= 4 is 34.8 Å². The fraction of sp³-hybridized carbons (Fsp3) is 0.261. The van der Waals surface area contributed by atoms with Crippen molar-refractivity contribution in [1.29, 1.82) is 0 Å². The van der Waals surface area contributed by atoms with Crippen molar-refractivity contribution in [2.45, 2.75) is 11.8 Å². The number of carbonyl (C=O) groups excluding carboxylic acids is 1. The number of aryl methyl sites for hydroxylation is 1. The number of sulfone groups is 1. The van der Waals surface area contributed by atoms with Gasteiger partial charge in [0.1, 0.15) is 0 Å². The van der Waals surface area contributed by atoms with E-state index in [-0.39, 0.29) is 10.6 Å². The number of hydrogen-bond acceptors (Lipinski definition) is 9. The van der Waals surface area contributed by atoms with Crippen molar-refractivity contribution in [1.82, 2.24) is 9.97 Å². The summed E-state index contributed by atoms with van der Waals surface area (Å²) in [6, 6.07) is 13.2. The van der Waals surface area contributed by atoms with Crippen LogP contribution in [-0.2, 0) is 23.4 Å². The molecule has 0 fully saturated rings. The van der Waals surface area contributed by atoms with E-state index in [2.05, 4.69) is 15.3 Å². The van der Waals surface area contributed by atoms with E-state index in [1.807, 2.05) is 31.2 Å². The van der Waals surface area contributed by atoms with E-state index in [0.29, 0.717) is 17.2 Å². The van der Waals surface area contributed by atoms with Crippen LogP contribution in [0, 0.1) is 6.92 Å². The molecule has 35 heavy (non-hydrogen) atoms. The summed E-state index contributed by atoms with van der Waals surface area (Å²) < 4.78 is 46.9. The molecule has 3 rings (SSSR count). The predicted molar refractivity (Wildman–Crippen MR) is 135 cm³/mol. The number of benzene rings is 2. The number of nitrogens with zero attached hydrogens (tertiary/aromatic N) is 3. The summed E-state index contributed by atoms with van der Waals surface area (Å²) in [6.45, 7) is 1.98. The first-order chi connectivity index (χ1) is 16.5. The van der Waals surface area contributed by atoms with Crippen LogP contribution in [0.25, 0.3) is 11.3 Å². The van der Waals surface area contributed by atoms with Gasteiger partial charge < -0.3 is 19.3 Å². The lowest BCUT2D eigenvalue weighted by Crippen LogP contribution is -2.21. The van der Waals surface area contributed by atoms with Gasteiger partial charge in [0, 0.05) is 39.6 Å². The van der Waals surface area contributed by atoms with Crippen molar-refractivity contribution in [3.05, 3.63) is 66.0 Å². The second-order valence-corrected chi connectivity index (χ2v) is 12.6. The molecule has 0 saturated carbocycles. The van der Waals surface area contributed by atoms with Crippen LogP contribution in [0.5, 0.6) is 0 Å². The molecule has 0 aliphatic heterocycles. The lowest BCUT2D eigenvalue weighted by Gasteiger charge is -2.16. The molecule has 0 spiro atoms. The Hall–Kier alpha value is -3.11. The van der Waals surface area contributed by atoms with Crippen molar-refractivity contribution in [3.8, 4) is 11.3 Å². The number of carbonyl (C=O) groups is 1. The average Bonchev–Trinajstić information content (AvgIpc) is 2.84. The Labute approximate surface area is 204 Å². The van der Waals surface area contributed by atoms with Crippen LogP contribution in [0.15, 0.2) is 59.6 Å². The summed E-state index contributed by atoms with van der Waals surface area (Å²) in [5.74, 6) is -0.124. The fourth-order valence-corrected chi connectivity index (χ4v) is 6.93. The Bertz CT molecular complexity index is 1350. The first-order valence-corrected chi connectivity index (χ1v) is 13.8. The highest BCUT2D eigenvalue weighted by Gasteiger charge is 2.31. The molecule has 186 valence electrons. The Balaban J connectivity index is 1.86. The number of anilines is 2. The molecule has 1 N–H and O–H groups in total. The minimum Gasteiger partial charge on any atom is -0.361 e. The number of hydrogen-bond donors (Lipinski definition) is 1. The van der Waals surface area contributed by atoms with Crippen LogP contribution in [0.4, 0.5) is 11.5 Å². The van der Waals surface area contributed by atoms with Crippen LogP contribution in [0.2, 0.25) is 0 Å². The van der Waals surface area contributed by atoms with Crippen LogP contribution >= 0.6 is 7.60 Å². The van der Waals surface area contributed by atoms with E-state index in [1.54, 1.807) is 25.2 Å². The fourth-order valence-electron chi connectivity index (χ4n) is 3.12. The quantitative estimate of drug-likeness (QED) is 0.418. The van der Waals surface area contributed by atoms with E-state index in [9.17, 15) is 17.8 Å². The molecule has 0 aliphatic carbocycles. The minimum absolute atomic E-state index is 0.0834. The highest BCUT2D eigenvalue weighted by Crippen LogP contribution is 2.48. The molecule has 10 nitrogen and oxygen atoms in total. The number of amides is 1. The van der Waals surface area contributed by atoms with Gasteiger partial charge in [0.15, 0.2) is 26.8 Å². The Morgan fingerprint density at radius 2 is 1.63 bits per heavy atom. The predicted octanol–water partition coefficient (Wildman–Crippen LogP) is 3.99. The third-order valence-electron chi connectivity index (χ3n) is 5.09. The van der Waals surface area contributed by atoms with Gasteiger partial charge in [-0.3, -0.25) is 9.36 Å². The molecule has 0 aliphatic rings. The molecule has 0 bridgehead atoms. The standard InChI is InChI=1S/C23H27N4O6PS/c1-16-6-8-17(9-7-16)20-14-24-22(27(2)3)21(26-20)23(28)25-18-10-12-19(13-11-18)35(30,31)15-34(29,32-4)33-5/h6-14H,15H2,1-5H3,(H,25,28). The molecule has 0 atom stereocenters. The van der Waals surface area contributed by atoms with Gasteiger partial charge in [-0.25, -0.2) is 18.4 Å². The third-order valence-corrected chi connectivity index (χ3v) is 9.82. The molecular weight excluding hydrogens is 491 g/mol. The van der Waals surface area contributed by atoms with Crippen molar-refractivity contribution < 1.29 is 26.8 Å². The topological polar surface area (TPSA) is 128 Å². The van der Waals surface area contributed by atoms with Gasteiger partial charge in [0.2, 0.25) is 0 Å². The second kappa shape index (κ2) is 10.7. The monoisotopic (exact) mass is 518 g/mol. The first kappa shape index (κ1) is 26.5. The molecular formula is C23H27N4O6PS. The SMILES string of the molecule is COP(=O)(CS(=O)(=O)c1ccc(NC(=O)c2nc(-c3ccc(C)cc3)cnc2N(C)C)cc1)OC. The first-order valence-electron chi connectivity index (χ1n) is 10.4. The van der Waals surface area contributed by atoms with Gasteiger partial charge in [-0.05, 0) is 31.2 Å². The van der Waals surface area contributed by atoms with E-state index in [4.69, 9.17) is 9.05 Å². The summed E-state index contributed by atoms with van der Waals surface area (Å²) >= 11 is 0. The highest BCUT2D eigenvalue weighted by atomic mass is 32.2. The van der Waals surface area contributed by atoms with Crippen LogP contribution < -0.4 is 10.2 Å². The van der Waals surface area contributed by atoms with E-state index in [0.717, 1.165) is 25.3 Å². The maximum absolute atomic E-state index is 13.1. The Morgan fingerprint density at radius 3 is 2.17 bits per heavy atom. The summed E-state index contributed by atoms with van der Waals surface area (Å²) in [4.78, 5) is 23.6. The molecule has 2 aromatic carbocycles. The van der Waals surface area contributed by atoms with Gasteiger partial charge in [-0.15, -0.1) is 0 Å². The highest BCUT2D eigenvalue weighted by molar-refractivity contribution is 7.97. The van der Waals surface area contributed by atoms with Gasteiger partial charge >= 0.3 is 7.60 Å². The van der Waals surface area contributed by atoms with E-state index >= 15 is 0 Å². The Morgan fingerprint density at radius 1 is 1.03 bits per heavy atom. The number of rotatable bonds is 9. The van der Waals surface area contributed by atoms with Crippen molar-refractivity contribution in [3.63, 3.8) is 0 Å². The number of nitrogens with one attached hydrogen (secondary N) is 1. The van der Waals surface area contributed by atoms with E-state index < -0.39 is 28.8 Å². The summed E-state index contributed by atoms with van der Waals surface area (Å²) in [5, 5.41) is 2.72. The summed E-state index contributed by atoms with van der Waals surface area (Å²) in [7, 11) is -1.97. The molecule has 1 heterocycles. The van der Waals surface area contributed by atoms with E-state index in [1.165, 1.54) is 24.3 Å². The normalized spacial score (nSPS) is 11.8. The largest absolute Gasteiger partial charge is 0.361 e. The van der Waals surface area contributed by atoms with Crippen LogP contribution in [0.3, 0.4) is 0 Å². The molecule has 0 unspecified atom stereocenters. The van der Waals surface area contributed by atoms with Gasteiger partial charge in [-0.2, -0.15) is 0 Å². The van der Waals surface area contributed by atoms with Gasteiger partial charge in [0.25, 0.3) is 5.91 Å². The minimum atomic E-state index is -3.95. The molecule has 0 radical (unpaired) electrons. The zero-order chi connectivity index (χ0) is 25.8.